The van der Waals surface area contributed by atoms with Crippen molar-refractivity contribution in [1.82, 2.24) is 14.8 Å². The van der Waals surface area contributed by atoms with Gasteiger partial charge in [-0.15, -0.1) is 11.3 Å². The van der Waals surface area contributed by atoms with Gasteiger partial charge in [0.1, 0.15) is 4.21 Å². The van der Waals surface area contributed by atoms with Gasteiger partial charge >= 0.3 is 0 Å². The average molecular weight is 561 g/mol. The van der Waals surface area contributed by atoms with Gasteiger partial charge in [-0.05, 0) is 54.6 Å². The van der Waals surface area contributed by atoms with Gasteiger partial charge in [0.05, 0.1) is 18.8 Å². The quantitative estimate of drug-likeness (QED) is 0.456. The first-order chi connectivity index (χ1) is 17.6. The lowest BCUT2D eigenvalue weighted by molar-refractivity contribution is -0.138. The van der Waals surface area contributed by atoms with Crippen LogP contribution in [0.3, 0.4) is 0 Å². The molecule has 2 amide bonds. The third-order valence-corrected chi connectivity index (χ3v) is 10.1. The van der Waals surface area contributed by atoms with Crippen LogP contribution in [0.15, 0.2) is 58.3 Å². The van der Waals surface area contributed by atoms with Gasteiger partial charge in [0.15, 0.2) is 5.54 Å². The minimum Gasteiger partial charge on any atom is -0.481 e. The third-order valence-electron chi connectivity index (χ3n) is 6.81. The lowest BCUT2D eigenvalue weighted by atomic mass is 9.81. The highest BCUT2D eigenvalue weighted by atomic mass is 35.5. The van der Waals surface area contributed by atoms with Gasteiger partial charge in [0.25, 0.3) is 15.9 Å². The minimum atomic E-state index is -4.28. The fraction of sp³-hybridized carbons (Fsp3) is 0.320. The van der Waals surface area contributed by atoms with Crippen LogP contribution < -0.4 is 9.04 Å². The van der Waals surface area contributed by atoms with E-state index in [0.29, 0.717) is 35.5 Å². The van der Waals surface area contributed by atoms with E-state index < -0.39 is 27.5 Å². The zero-order valence-electron chi connectivity index (χ0n) is 20.4. The van der Waals surface area contributed by atoms with Crippen LogP contribution in [0, 0.1) is 0 Å². The molecule has 0 aliphatic carbocycles. The molecule has 1 unspecified atom stereocenters. The molecule has 37 heavy (non-hydrogen) atoms. The van der Waals surface area contributed by atoms with Gasteiger partial charge in [0.2, 0.25) is 11.8 Å². The van der Waals surface area contributed by atoms with E-state index in [9.17, 15) is 18.0 Å². The Kier molecular flexibility index (Phi) is 6.51. The number of ether oxygens (including phenoxy) is 1. The van der Waals surface area contributed by atoms with E-state index in [1.807, 2.05) is 0 Å². The van der Waals surface area contributed by atoms with Crippen LogP contribution >= 0.6 is 22.9 Å². The summed E-state index contributed by atoms with van der Waals surface area (Å²) in [5.41, 5.74) is -0.850. The van der Waals surface area contributed by atoms with Crippen LogP contribution in [0.5, 0.6) is 5.88 Å². The Morgan fingerprint density at radius 2 is 2.00 bits per heavy atom. The number of thiophene rings is 1. The number of methoxy groups -OCH3 is 1. The lowest BCUT2D eigenvalue weighted by Crippen LogP contribution is -2.59. The summed E-state index contributed by atoms with van der Waals surface area (Å²) in [5.74, 6) is -0.765. The molecule has 2 aliphatic heterocycles. The van der Waals surface area contributed by atoms with Crippen LogP contribution in [-0.2, 0) is 25.2 Å². The third kappa shape index (κ3) is 3.75. The molecule has 2 aromatic heterocycles. The number of halogens is 1. The Labute approximate surface area is 224 Å². The summed E-state index contributed by atoms with van der Waals surface area (Å²) in [6.45, 7) is 0.368. The molecule has 0 spiro atoms. The number of carbonyl (C=O) groups is 2. The fourth-order valence-electron chi connectivity index (χ4n) is 5.33. The number of benzene rings is 1. The molecular weight excluding hydrogens is 536 g/mol. The monoisotopic (exact) mass is 560 g/mol. The first kappa shape index (κ1) is 25.7. The summed E-state index contributed by atoms with van der Waals surface area (Å²) in [7, 11) is 0.473. The van der Waals surface area contributed by atoms with Crippen LogP contribution in [0.1, 0.15) is 24.0 Å². The number of aromatic nitrogens is 1. The summed E-state index contributed by atoms with van der Waals surface area (Å²) < 4.78 is 34.3. The van der Waals surface area contributed by atoms with Crippen LogP contribution in [0.2, 0.25) is 5.02 Å². The Morgan fingerprint density at radius 3 is 2.68 bits per heavy atom. The molecule has 9 nitrogen and oxygen atoms in total. The number of carbonyl (C=O) groups excluding carboxylic acids is 2. The number of rotatable bonds is 6. The van der Waals surface area contributed by atoms with E-state index in [2.05, 4.69) is 4.98 Å². The summed E-state index contributed by atoms with van der Waals surface area (Å²) in [4.78, 5) is 35.8. The average Bonchev–Trinajstić information content (AvgIpc) is 3.62. The van der Waals surface area contributed by atoms with Crippen molar-refractivity contribution >= 4 is 50.5 Å². The topological polar surface area (TPSA) is 100 Å². The largest absolute Gasteiger partial charge is 0.481 e. The minimum absolute atomic E-state index is 0.0260. The van der Waals surface area contributed by atoms with E-state index in [0.717, 1.165) is 15.6 Å². The summed E-state index contributed by atoms with van der Waals surface area (Å²) in [6, 6.07) is 10.4. The van der Waals surface area contributed by atoms with E-state index >= 15 is 0 Å². The van der Waals surface area contributed by atoms with Crippen molar-refractivity contribution in [2.24, 2.45) is 0 Å². The molecule has 2 aliphatic rings. The summed E-state index contributed by atoms with van der Waals surface area (Å²) >= 11 is 7.48. The molecule has 1 saturated heterocycles. The molecule has 12 heteroatoms. The predicted octanol–water partition coefficient (Wildman–Crippen LogP) is 3.34. The normalized spacial score (nSPS) is 21.8. The number of anilines is 1. The zero-order chi connectivity index (χ0) is 26.5. The highest BCUT2D eigenvalue weighted by molar-refractivity contribution is 7.95. The second-order valence-corrected chi connectivity index (χ2v) is 12.4. The smallest absolute Gasteiger partial charge is 0.280 e. The first-order valence-corrected chi connectivity index (χ1v) is 14.3. The maximum atomic E-state index is 14.8. The summed E-state index contributed by atoms with van der Waals surface area (Å²) in [6.07, 6.45) is 2.67. The van der Waals surface area contributed by atoms with Crippen LogP contribution in [0.25, 0.3) is 0 Å². The predicted molar refractivity (Wildman–Crippen MR) is 140 cm³/mol. The number of likely N-dealkylation sites (N-methyl/N-ethyl adjacent to an activating group) is 1. The number of hydrogen-bond donors (Lipinski definition) is 0. The maximum Gasteiger partial charge on any atom is 0.280 e. The number of fused-ring (bicyclic) bond motifs is 1. The summed E-state index contributed by atoms with van der Waals surface area (Å²) in [5, 5.41) is 1.96. The van der Waals surface area contributed by atoms with Crippen molar-refractivity contribution in [3.8, 4) is 5.88 Å². The van der Waals surface area contributed by atoms with E-state index in [4.69, 9.17) is 16.3 Å². The number of pyridine rings is 1. The SMILES string of the molecule is COc1ncccc1[C@]1(N2CCCC2C(=O)N(C)C)C(=O)N(S(=O)(=O)c2cccs2)c2ccc(Cl)cc21. The van der Waals surface area contributed by atoms with Gasteiger partial charge in [-0.1, -0.05) is 17.7 Å². The number of hydrogen-bond acceptors (Lipinski definition) is 8. The standard InChI is InChI=1S/C25H25ClN4O5S2/c1-28(2)23(31)20-8-5-13-29(20)25(17-7-4-12-27-22(17)35-3)18-15-16(26)10-11-19(18)30(24(25)32)37(33,34)21-9-6-14-36-21/h4,6-7,9-12,14-15,20H,5,8,13H2,1-3H3/t20?,25-/m1/s1. The van der Waals surface area contributed by atoms with Crippen molar-refractivity contribution in [2.75, 3.05) is 32.1 Å². The Morgan fingerprint density at radius 1 is 1.22 bits per heavy atom. The molecule has 4 heterocycles. The zero-order valence-corrected chi connectivity index (χ0v) is 22.8. The van der Waals surface area contributed by atoms with Crippen molar-refractivity contribution in [3.05, 3.63) is 70.2 Å². The van der Waals surface area contributed by atoms with Crippen LogP contribution in [0.4, 0.5) is 5.69 Å². The second kappa shape index (κ2) is 9.39. The molecule has 5 rings (SSSR count). The van der Waals surface area contributed by atoms with E-state index in [-0.39, 0.29) is 21.7 Å². The molecule has 1 fully saturated rings. The lowest BCUT2D eigenvalue weighted by Gasteiger charge is -2.41. The Bertz CT molecular complexity index is 1480. The van der Waals surface area contributed by atoms with Crippen LogP contribution in [-0.4, -0.2) is 68.8 Å². The van der Waals surface area contributed by atoms with Crippen molar-refractivity contribution in [1.29, 1.82) is 0 Å². The molecule has 0 bridgehead atoms. The van der Waals surface area contributed by atoms with E-state index in [1.165, 1.54) is 30.3 Å². The van der Waals surface area contributed by atoms with Crippen molar-refractivity contribution in [2.45, 2.75) is 28.6 Å². The number of amides is 2. The second-order valence-electron chi connectivity index (χ2n) is 9.02. The van der Waals surface area contributed by atoms with Crippen molar-refractivity contribution in [3.63, 3.8) is 0 Å². The highest BCUT2D eigenvalue weighted by Gasteiger charge is 2.63. The fourth-order valence-corrected chi connectivity index (χ4v) is 8.03. The highest BCUT2D eigenvalue weighted by Crippen LogP contribution is 2.54. The van der Waals surface area contributed by atoms with Gasteiger partial charge < -0.3 is 9.64 Å². The Hall–Kier alpha value is -2.99. The molecule has 2 atom stereocenters. The molecule has 3 aromatic rings. The van der Waals surface area contributed by atoms with Crippen molar-refractivity contribution < 1.29 is 22.7 Å². The first-order valence-electron chi connectivity index (χ1n) is 11.6. The molecule has 0 saturated carbocycles. The van der Waals surface area contributed by atoms with E-state index in [1.54, 1.807) is 54.7 Å². The Balaban J connectivity index is 1.87. The molecular formula is C25H25ClN4O5S2. The molecule has 0 N–H and O–H groups in total. The van der Waals surface area contributed by atoms with Gasteiger partial charge in [-0.2, -0.15) is 12.7 Å². The molecule has 194 valence electrons. The van der Waals surface area contributed by atoms with Gasteiger partial charge in [0, 0.05) is 43.0 Å². The number of likely N-dealkylation sites (tertiary alicyclic amines) is 1. The maximum absolute atomic E-state index is 14.8. The number of sulfonamides is 1. The molecule has 1 aromatic carbocycles. The van der Waals surface area contributed by atoms with Gasteiger partial charge in [-0.3, -0.25) is 14.5 Å². The number of nitrogens with zero attached hydrogens (tertiary/aromatic N) is 4. The molecule has 0 radical (unpaired) electrons. The van der Waals surface area contributed by atoms with Gasteiger partial charge in [-0.25, -0.2) is 4.98 Å².